The smallest absolute Gasteiger partial charge is 0.238 e. The van der Waals surface area contributed by atoms with Gasteiger partial charge in [0.15, 0.2) is 11.6 Å². The number of fused-ring (bicyclic) bond motifs is 2. The Morgan fingerprint density at radius 1 is 0.561 bits per heavy atom. The summed E-state index contributed by atoms with van der Waals surface area (Å²) in [5.74, 6) is 3.72. The summed E-state index contributed by atoms with van der Waals surface area (Å²) >= 11 is 0. The number of imidazole rings is 2. The fourth-order valence-corrected chi connectivity index (χ4v) is 8.67. The van der Waals surface area contributed by atoms with Gasteiger partial charge < -0.3 is 18.6 Å². The molecule has 0 aliphatic carbocycles. The van der Waals surface area contributed by atoms with Crippen LogP contribution in [0.3, 0.4) is 0 Å². The molecule has 0 N–H and O–H groups in total. The second kappa shape index (κ2) is 18.8. The number of methoxy groups -OCH3 is 2. The van der Waals surface area contributed by atoms with E-state index >= 15 is 0 Å². The minimum Gasteiger partial charge on any atom is -0.479 e. The molecule has 14 nitrogen and oxygen atoms in total. The van der Waals surface area contributed by atoms with Crippen molar-refractivity contribution in [3.63, 3.8) is 0 Å². The van der Waals surface area contributed by atoms with Gasteiger partial charge in [0.05, 0.1) is 49.6 Å². The van der Waals surface area contributed by atoms with E-state index in [-0.39, 0.29) is 23.5 Å². The van der Waals surface area contributed by atoms with E-state index in [9.17, 15) is 8.78 Å². The van der Waals surface area contributed by atoms with Gasteiger partial charge >= 0.3 is 0 Å². The molecule has 6 aromatic heterocycles. The topological polar surface area (TPSA) is 141 Å². The summed E-state index contributed by atoms with van der Waals surface area (Å²) in [4.78, 5) is 27.3. The van der Waals surface area contributed by atoms with Crippen LogP contribution in [-0.4, -0.2) is 72.8 Å². The van der Waals surface area contributed by atoms with E-state index in [1.54, 1.807) is 39.0 Å². The maximum Gasteiger partial charge on any atom is 0.238 e. The second-order valence-electron chi connectivity index (χ2n) is 16.4. The molecule has 0 radical (unpaired) electrons. The SMILES string of the molecule is COc1nc(/C=C/c2nc3n(n2)CCC[C@@H]3c2cccc(F)c2C)ccc1-n1cnc(C)c1.COc1nc(/C=C/c2nc3n(n2)CCC[C@H]3c2cccc(F)c2C)ccc1-n1cnc(C)c1. The number of pyridine rings is 2. The molecule has 2 aliphatic heterocycles. The minimum absolute atomic E-state index is 0.0419. The van der Waals surface area contributed by atoms with Crippen molar-refractivity contribution >= 4 is 24.3 Å². The van der Waals surface area contributed by atoms with E-state index in [4.69, 9.17) is 19.4 Å². The highest BCUT2D eigenvalue weighted by atomic mass is 19.1. The van der Waals surface area contributed by atoms with E-state index in [1.165, 1.54) is 12.1 Å². The van der Waals surface area contributed by atoms with Crippen molar-refractivity contribution in [2.75, 3.05) is 14.2 Å². The molecule has 10 rings (SSSR count). The number of aromatic nitrogens is 12. The average Bonchev–Trinajstić information content (AvgIpc) is 4.16. The Balaban J connectivity index is 0.000000166. The molecule has 0 saturated carbocycles. The molecular formula is C50H50F2N12O2. The van der Waals surface area contributed by atoms with Gasteiger partial charge in [-0.05, 0) is 136 Å². The monoisotopic (exact) mass is 888 g/mol. The van der Waals surface area contributed by atoms with Crippen LogP contribution in [0.1, 0.15) is 106 Å². The van der Waals surface area contributed by atoms with Crippen LogP contribution in [0.25, 0.3) is 35.7 Å². The number of hydrogen-bond acceptors (Lipinski definition) is 10. The Kier molecular flexibility index (Phi) is 12.5. The fourth-order valence-electron chi connectivity index (χ4n) is 8.67. The third-order valence-corrected chi connectivity index (χ3v) is 12.0. The predicted molar refractivity (Wildman–Crippen MR) is 248 cm³/mol. The van der Waals surface area contributed by atoms with Gasteiger partial charge in [-0.15, -0.1) is 0 Å². The molecule has 8 aromatic rings. The first-order chi connectivity index (χ1) is 32.1. The lowest BCUT2D eigenvalue weighted by molar-refractivity contribution is 0.395. The van der Waals surface area contributed by atoms with Gasteiger partial charge in [0.25, 0.3) is 0 Å². The van der Waals surface area contributed by atoms with Crippen molar-refractivity contribution < 1.29 is 18.3 Å². The zero-order chi connectivity index (χ0) is 45.9. The Bertz CT molecular complexity index is 2880. The van der Waals surface area contributed by atoms with Crippen LogP contribution in [0.15, 0.2) is 85.7 Å². The first kappa shape index (κ1) is 43.6. The number of rotatable bonds is 10. The highest BCUT2D eigenvalue weighted by Gasteiger charge is 2.29. The van der Waals surface area contributed by atoms with Crippen LogP contribution in [0.2, 0.25) is 0 Å². The second-order valence-corrected chi connectivity index (χ2v) is 16.4. The highest BCUT2D eigenvalue weighted by Crippen LogP contribution is 2.36. The van der Waals surface area contributed by atoms with E-state index in [2.05, 4.69) is 30.1 Å². The van der Waals surface area contributed by atoms with Crippen LogP contribution < -0.4 is 9.47 Å². The summed E-state index contributed by atoms with van der Waals surface area (Å²) in [7, 11) is 3.20. The number of hydrogen-bond donors (Lipinski definition) is 0. The van der Waals surface area contributed by atoms with Crippen molar-refractivity contribution in [2.45, 2.75) is 78.3 Å². The minimum atomic E-state index is -0.182. The normalized spacial score (nSPS) is 15.7. The van der Waals surface area contributed by atoms with Crippen LogP contribution in [0, 0.1) is 39.3 Å². The molecule has 0 fully saturated rings. The van der Waals surface area contributed by atoms with Crippen molar-refractivity contribution in [2.24, 2.45) is 0 Å². The zero-order valence-corrected chi connectivity index (χ0v) is 37.7. The summed E-state index contributed by atoms with van der Waals surface area (Å²) in [5, 5.41) is 9.32. The maximum atomic E-state index is 14.1. The molecule has 2 aliphatic rings. The Labute approximate surface area is 381 Å². The lowest BCUT2D eigenvalue weighted by Gasteiger charge is -2.23. The number of halogens is 2. The van der Waals surface area contributed by atoms with Crippen LogP contribution >= 0.6 is 0 Å². The first-order valence-corrected chi connectivity index (χ1v) is 21.9. The van der Waals surface area contributed by atoms with Gasteiger partial charge in [0, 0.05) is 37.3 Å². The molecule has 66 heavy (non-hydrogen) atoms. The molecule has 16 heteroatoms. The fraction of sp³-hybridized carbons (Fsp3) is 0.280. The molecule has 8 heterocycles. The van der Waals surface area contributed by atoms with Crippen molar-refractivity contribution in [3.05, 3.63) is 166 Å². The van der Waals surface area contributed by atoms with Gasteiger partial charge in [-0.25, -0.2) is 48.0 Å². The maximum absolute atomic E-state index is 14.1. The number of ether oxygens (including phenoxy) is 2. The predicted octanol–water partition coefficient (Wildman–Crippen LogP) is 9.44. The van der Waals surface area contributed by atoms with Crippen molar-refractivity contribution in [3.8, 4) is 23.1 Å². The van der Waals surface area contributed by atoms with E-state index < -0.39 is 0 Å². The van der Waals surface area contributed by atoms with Gasteiger partial charge in [-0.3, -0.25) is 0 Å². The van der Waals surface area contributed by atoms with E-state index in [1.807, 2.05) is 119 Å². The quantitative estimate of drug-likeness (QED) is 0.130. The molecular weight excluding hydrogens is 839 g/mol. The first-order valence-electron chi connectivity index (χ1n) is 21.9. The zero-order valence-electron chi connectivity index (χ0n) is 37.7. The molecule has 336 valence electrons. The van der Waals surface area contributed by atoms with Crippen LogP contribution in [0.4, 0.5) is 8.78 Å². The van der Waals surface area contributed by atoms with Crippen LogP contribution in [-0.2, 0) is 13.1 Å². The van der Waals surface area contributed by atoms with Gasteiger partial charge in [-0.2, -0.15) is 10.2 Å². The van der Waals surface area contributed by atoms with Gasteiger partial charge in [-0.1, -0.05) is 24.3 Å². The molecule has 0 unspecified atom stereocenters. The number of benzene rings is 2. The Morgan fingerprint density at radius 2 is 1.00 bits per heavy atom. The van der Waals surface area contributed by atoms with Crippen LogP contribution in [0.5, 0.6) is 11.8 Å². The number of aryl methyl sites for hydroxylation is 4. The number of nitrogens with zero attached hydrogens (tertiary/aromatic N) is 12. The van der Waals surface area contributed by atoms with Crippen molar-refractivity contribution in [1.82, 2.24) is 58.6 Å². The molecule has 0 amide bonds. The third-order valence-electron chi connectivity index (χ3n) is 12.0. The lowest BCUT2D eigenvalue weighted by atomic mass is 9.88. The third kappa shape index (κ3) is 9.03. The average molecular weight is 889 g/mol. The largest absolute Gasteiger partial charge is 0.479 e. The molecule has 2 atom stereocenters. The highest BCUT2D eigenvalue weighted by molar-refractivity contribution is 5.67. The lowest BCUT2D eigenvalue weighted by Crippen LogP contribution is -2.18. The molecule has 2 aromatic carbocycles. The van der Waals surface area contributed by atoms with Gasteiger partial charge in [0.1, 0.15) is 34.7 Å². The van der Waals surface area contributed by atoms with E-state index in [0.29, 0.717) is 34.5 Å². The van der Waals surface area contributed by atoms with Crippen molar-refractivity contribution in [1.29, 1.82) is 0 Å². The summed E-state index contributed by atoms with van der Waals surface area (Å²) in [6.45, 7) is 9.15. The Morgan fingerprint density at radius 3 is 1.39 bits per heavy atom. The molecule has 0 bridgehead atoms. The summed E-state index contributed by atoms with van der Waals surface area (Å²) in [6.07, 6.45) is 18.6. The van der Waals surface area contributed by atoms with E-state index in [0.717, 1.165) is 95.7 Å². The Hall–Kier alpha value is -7.62. The molecule has 0 saturated heterocycles. The summed E-state index contributed by atoms with van der Waals surface area (Å²) in [6, 6.07) is 18.2. The summed E-state index contributed by atoms with van der Waals surface area (Å²) < 4.78 is 46.9. The van der Waals surface area contributed by atoms with Gasteiger partial charge in [0.2, 0.25) is 11.8 Å². The summed E-state index contributed by atoms with van der Waals surface area (Å²) in [5.41, 5.74) is 8.27. The molecule has 0 spiro atoms. The standard InChI is InChI=1S/2C25H25FN6O/c2*1-16-14-31(15-27-16)22-11-9-18(28-25(22)33-3)10-12-23-29-24-20(7-5-13-32(24)30-23)19-6-4-8-21(26)17(19)2/h2*4,6,8-12,14-15,20H,5,7,13H2,1-3H3/b2*12-10+/t2*20-/m10/s1.